The van der Waals surface area contributed by atoms with Crippen molar-refractivity contribution in [3.63, 3.8) is 0 Å². The van der Waals surface area contributed by atoms with Crippen molar-refractivity contribution < 1.29 is 4.74 Å². The Hall–Kier alpha value is -3.52. The largest absolute Gasteiger partial charge is 0.497 e. The molecule has 0 aliphatic heterocycles. The van der Waals surface area contributed by atoms with E-state index in [0.29, 0.717) is 13.1 Å². The van der Waals surface area contributed by atoms with Gasteiger partial charge in [0.05, 0.1) is 24.2 Å². The number of aryl methyl sites for hydroxylation is 2. The number of ether oxygens (including phenoxy) is 1. The Kier molecular flexibility index (Phi) is 7.78. The van der Waals surface area contributed by atoms with Crippen LogP contribution in [0.5, 0.6) is 5.75 Å². The Bertz CT molecular complexity index is 1420. The number of pyridine rings is 1. The van der Waals surface area contributed by atoms with Crippen LogP contribution in [0, 0.1) is 13.8 Å². The first-order valence-electron chi connectivity index (χ1n) is 13.0. The van der Waals surface area contributed by atoms with E-state index >= 15 is 0 Å². The van der Waals surface area contributed by atoms with Crippen LogP contribution < -0.4 is 10.3 Å². The van der Waals surface area contributed by atoms with Gasteiger partial charge in [0.1, 0.15) is 5.75 Å². The van der Waals surface area contributed by atoms with Crippen molar-refractivity contribution in [3.05, 3.63) is 80.9 Å². The highest BCUT2D eigenvalue weighted by Gasteiger charge is 2.31. The van der Waals surface area contributed by atoms with Crippen LogP contribution >= 0.6 is 0 Å². The van der Waals surface area contributed by atoms with Gasteiger partial charge in [-0.25, -0.2) is 4.68 Å². The van der Waals surface area contributed by atoms with Crippen molar-refractivity contribution in [1.82, 2.24) is 30.1 Å². The number of nitrogens with one attached hydrogen (secondary N) is 1. The summed E-state index contributed by atoms with van der Waals surface area (Å²) in [7, 11) is 1.67. The Morgan fingerprint density at radius 2 is 1.81 bits per heavy atom. The van der Waals surface area contributed by atoms with E-state index in [1.54, 1.807) is 7.11 Å². The first kappa shape index (κ1) is 26.5. The number of fused-ring (bicyclic) bond motifs is 1. The van der Waals surface area contributed by atoms with Gasteiger partial charge < -0.3 is 9.72 Å². The van der Waals surface area contributed by atoms with Crippen molar-refractivity contribution >= 4 is 10.9 Å². The quantitative estimate of drug-likeness (QED) is 0.311. The molecule has 2 aromatic heterocycles. The maximum Gasteiger partial charge on any atom is 0.252 e. The molecule has 2 heterocycles. The Labute approximate surface area is 218 Å². The molecule has 0 spiro atoms. The average molecular weight is 503 g/mol. The summed E-state index contributed by atoms with van der Waals surface area (Å²) in [6, 6.07) is 14.2. The van der Waals surface area contributed by atoms with Gasteiger partial charge in [0.2, 0.25) is 0 Å². The van der Waals surface area contributed by atoms with E-state index in [4.69, 9.17) is 4.74 Å². The number of tetrazole rings is 1. The highest BCUT2D eigenvalue weighted by Crippen LogP contribution is 2.30. The van der Waals surface area contributed by atoms with Gasteiger partial charge in [0.25, 0.3) is 5.56 Å². The highest BCUT2D eigenvalue weighted by molar-refractivity contribution is 5.83. The summed E-state index contributed by atoms with van der Waals surface area (Å²) in [6.45, 7) is 13.8. The second kappa shape index (κ2) is 10.8. The zero-order valence-corrected chi connectivity index (χ0v) is 23.0. The lowest BCUT2D eigenvalue weighted by Gasteiger charge is -2.33. The molecule has 37 heavy (non-hydrogen) atoms. The normalized spacial score (nSPS) is 12.9. The molecule has 0 amide bonds. The predicted molar refractivity (Wildman–Crippen MR) is 147 cm³/mol. The Balaban J connectivity index is 1.78. The Morgan fingerprint density at radius 3 is 2.46 bits per heavy atom. The van der Waals surface area contributed by atoms with E-state index < -0.39 is 0 Å². The van der Waals surface area contributed by atoms with Crippen molar-refractivity contribution in [3.8, 4) is 5.75 Å². The fraction of sp³-hybridized carbons (Fsp3) is 0.448. The van der Waals surface area contributed by atoms with Gasteiger partial charge in [-0.3, -0.25) is 9.69 Å². The van der Waals surface area contributed by atoms with Gasteiger partial charge in [-0.05, 0) is 91.2 Å². The molecule has 0 fully saturated rings. The molecule has 196 valence electrons. The number of hydrogen-bond donors (Lipinski definition) is 1. The molecule has 0 aliphatic rings. The minimum absolute atomic E-state index is 0.0655. The van der Waals surface area contributed by atoms with Gasteiger partial charge in [-0.1, -0.05) is 38.1 Å². The molecule has 2 aromatic carbocycles. The maximum atomic E-state index is 13.3. The van der Waals surface area contributed by atoms with Crippen LogP contribution in [0.3, 0.4) is 0 Å². The first-order chi connectivity index (χ1) is 17.7. The van der Waals surface area contributed by atoms with E-state index in [1.165, 1.54) is 0 Å². The fourth-order valence-electron chi connectivity index (χ4n) is 4.73. The summed E-state index contributed by atoms with van der Waals surface area (Å²) in [5, 5.41) is 13.9. The molecule has 0 aliphatic carbocycles. The summed E-state index contributed by atoms with van der Waals surface area (Å²) in [6.07, 6.45) is 1.68. The molecule has 4 aromatic rings. The number of methoxy groups -OCH3 is 1. The van der Waals surface area contributed by atoms with E-state index in [-0.39, 0.29) is 17.1 Å². The number of aromatic amines is 1. The molecule has 0 unspecified atom stereocenters. The molecule has 0 radical (unpaired) electrons. The number of benzene rings is 2. The number of H-pyrrole nitrogens is 1. The molecule has 1 atom stereocenters. The number of rotatable bonds is 10. The molecular weight excluding hydrogens is 464 g/mol. The van der Waals surface area contributed by atoms with Crippen LogP contribution in [-0.4, -0.2) is 37.2 Å². The monoisotopic (exact) mass is 502 g/mol. The van der Waals surface area contributed by atoms with Crippen LogP contribution in [0.1, 0.15) is 74.7 Å². The zero-order valence-electron chi connectivity index (χ0n) is 23.0. The average Bonchev–Trinajstić information content (AvgIpc) is 3.39. The van der Waals surface area contributed by atoms with E-state index in [0.717, 1.165) is 57.6 Å². The smallest absolute Gasteiger partial charge is 0.252 e. The van der Waals surface area contributed by atoms with Crippen LogP contribution in [-0.2, 0) is 18.6 Å². The third-order valence-corrected chi connectivity index (χ3v) is 7.60. The second-order valence-electron chi connectivity index (χ2n) is 10.4. The molecule has 8 nitrogen and oxygen atoms in total. The number of hydrogen-bond acceptors (Lipinski definition) is 6. The minimum atomic E-state index is -0.228. The van der Waals surface area contributed by atoms with Gasteiger partial charge in [0, 0.05) is 18.7 Å². The van der Waals surface area contributed by atoms with Gasteiger partial charge >= 0.3 is 0 Å². The number of aromatic nitrogens is 5. The van der Waals surface area contributed by atoms with E-state index in [1.807, 2.05) is 29.8 Å². The third-order valence-electron chi connectivity index (χ3n) is 7.60. The molecule has 8 heteroatoms. The summed E-state index contributed by atoms with van der Waals surface area (Å²) in [5.74, 6) is 1.62. The van der Waals surface area contributed by atoms with Crippen LogP contribution in [0.4, 0.5) is 0 Å². The van der Waals surface area contributed by atoms with Crippen LogP contribution in [0.15, 0.2) is 47.3 Å². The molecule has 0 bridgehead atoms. The predicted octanol–water partition coefficient (Wildman–Crippen LogP) is 5.44. The Morgan fingerprint density at radius 1 is 1.08 bits per heavy atom. The standard InChI is InChI=1S/C29H38N6O2/c1-8-25(27-31-32-33-35(27)29(5,6)9-2)34(17-21-11-14-24(37-7)15-12-21)18-23-16-22-13-10-19(3)20(4)26(22)30-28(23)36/h10-16,25H,8-9,17-18H2,1-7H3,(H,30,36)/t25-/m1/s1. The fourth-order valence-corrected chi connectivity index (χ4v) is 4.73. The van der Waals surface area contributed by atoms with Gasteiger partial charge in [-0.2, -0.15) is 0 Å². The highest BCUT2D eigenvalue weighted by atomic mass is 16.5. The van der Waals surface area contributed by atoms with E-state index in [9.17, 15) is 4.79 Å². The molecule has 4 rings (SSSR count). The summed E-state index contributed by atoms with van der Waals surface area (Å²) in [5.41, 5.74) is 4.71. The lowest BCUT2D eigenvalue weighted by molar-refractivity contribution is 0.150. The zero-order chi connectivity index (χ0) is 26.7. The lowest BCUT2D eigenvalue weighted by Crippen LogP contribution is -2.36. The minimum Gasteiger partial charge on any atom is -0.497 e. The molecule has 0 saturated heterocycles. The van der Waals surface area contributed by atoms with Crippen molar-refractivity contribution in [2.24, 2.45) is 0 Å². The van der Waals surface area contributed by atoms with E-state index in [2.05, 4.69) is 84.3 Å². The van der Waals surface area contributed by atoms with Crippen molar-refractivity contribution in [2.45, 2.75) is 79.1 Å². The first-order valence-corrected chi connectivity index (χ1v) is 13.0. The van der Waals surface area contributed by atoms with Crippen molar-refractivity contribution in [2.75, 3.05) is 7.11 Å². The maximum absolute atomic E-state index is 13.3. The second-order valence-corrected chi connectivity index (χ2v) is 10.4. The molecule has 1 N–H and O–H groups in total. The lowest BCUT2D eigenvalue weighted by atomic mass is 10.0. The summed E-state index contributed by atoms with van der Waals surface area (Å²) >= 11 is 0. The van der Waals surface area contributed by atoms with Crippen LogP contribution in [0.25, 0.3) is 10.9 Å². The topological polar surface area (TPSA) is 88.9 Å². The number of nitrogens with zero attached hydrogens (tertiary/aromatic N) is 5. The molecule has 0 saturated carbocycles. The third kappa shape index (κ3) is 5.44. The SMILES string of the molecule is CC[C@H](c1nnnn1C(C)(C)CC)N(Cc1ccc(OC)cc1)Cc1cc2ccc(C)c(C)c2[nH]c1=O. The van der Waals surface area contributed by atoms with Gasteiger partial charge in [-0.15, -0.1) is 5.10 Å². The summed E-state index contributed by atoms with van der Waals surface area (Å²) < 4.78 is 7.29. The van der Waals surface area contributed by atoms with Crippen LogP contribution in [0.2, 0.25) is 0 Å². The summed E-state index contributed by atoms with van der Waals surface area (Å²) in [4.78, 5) is 18.7. The van der Waals surface area contributed by atoms with Crippen molar-refractivity contribution in [1.29, 1.82) is 0 Å². The molecular formula is C29H38N6O2. The van der Waals surface area contributed by atoms with Gasteiger partial charge in [0.15, 0.2) is 5.82 Å².